The van der Waals surface area contributed by atoms with Crippen LogP contribution in [0.3, 0.4) is 0 Å². The highest BCUT2D eigenvalue weighted by molar-refractivity contribution is 7.90. The van der Waals surface area contributed by atoms with Gasteiger partial charge in [0.05, 0.1) is 24.3 Å². The number of sulfonamides is 2. The minimum Gasteiger partial charge on any atom is -0.477 e. The zero-order valence-electron chi connectivity index (χ0n) is 60.0. The van der Waals surface area contributed by atoms with E-state index in [2.05, 4.69) is 59.9 Å². The van der Waals surface area contributed by atoms with Crippen molar-refractivity contribution < 1.29 is 52.3 Å². The number of hydrogen-bond acceptors (Lipinski definition) is 17. The van der Waals surface area contributed by atoms with Gasteiger partial charge in [-0.25, -0.2) is 38.7 Å². The number of rotatable bonds is 28. The van der Waals surface area contributed by atoms with Gasteiger partial charge >= 0.3 is 0 Å². The molecule has 0 bridgehead atoms. The van der Waals surface area contributed by atoms with Crippen LogP contribution in [0.4, 0.5) is 11.6 Å². The lowest BCUT2D eigenvalue weighted by Gasteiger charge is -2.17. The molecule has 0 spiro atoms. The van der Waals surface area contributed by atoms with Gasteiger partial charge in [0.15, 0.2) is 21.7 Å². The second-order valence-electron chi connectivity index (χ2n) is 23.5. The Balaban J connectivity index is 0.000000229. The Labute approximate surface area is 532 Å². The molecule has 5 N–H and O–H groups in total. The molecule has 10 rings (SSSR count). The van der Waals surface area contributed by atoms with Crippen LogP contribution in [0.25, 0.3) is 11.6 Å². The van der Waals surface area contributed by atoms with E-state index in [0.717, 1.165) is 25.7 Å². The molecule has 3 saturated carbocycles. The molecular formula is C61H81Cl2N13O8S2. The Bertz CT molecular complexity index is 3760. The summed E-state index contributed by atoms with van der Waals surface area (Å²) in [5, 5.41) is 16.3. The molecule has 4 aliphatic rings. The SMILES string of the molecule is [2H]C([2H])([2H])C1(C([2H])([2H])[2H])CC[C@@H](CCCNc2cccc(S(=O)(=O)NC(=O)c3ccc(-n4ccc(OCCCC5(C)CC5)n4)nc3Cl)n2)C1.[2H]C([2H])([2H])C1(C([2H])([2H])[2H])C[C@H](CCCNc2cccc(S(=O)(=O)NC(=O)c3ccc(-n4ccc(OCCCC5(C)CC5)n4)nc3Cl)n2)CN1. The van der Waals surface area contributed by atoms with Gasteiger partial charge in [-0.05, 0) is 200 Å². The number of carbonyl (C=O) groups is 2. The van der Waals surface area contributed by atoms with E-state index in [1.165, 1.54) is 83.6 Å². The first-order chi connectivity index (χ1) is 45.8. The molecular weight excluding hydrogens is 1180 g/mol. The fourth-order valence-electron chi connectivity index (χ4n) is 10.2. The molecule has 2 atom stereocenters. The summed E-state index contributed by atoms with van der Waals surface area (Å²) in [6, 6.07) is 17.6. The van der Waals surface area contributed by atoms with Crippen molar-refractivity contribution in [3.05, 3.63) is 107 Å². The van der Waals surface area contributed by atoms with Gasteiger partial charge in [0, 0.05) is 59.6 Å². The number of hydrogen-bond donors (Lipinski definition) is 5. The molecule has 464 valence electrons. The third-order valence-corrected chi connectivity index (χ3v) is 18.9. The molecule has 86 heavy (non-hydrogen) atoms. The summed E-state index contributed by atoms with van der Waals surface area (Å²) in [6.45, 7) is -3.85. The Morgan fingerprint density at radius 3 is 1.55 bits per heavy atom. The molecule has 1 saturated heterocycles. The van der Waals surface area contributed by atoms with Crippen molar-refractivity contribution in [3.8, 4) is 23.4 Å². The molecule has 25 heteroatoms. The van der Waals surface area contributed by atoms with Crippen molar-refractivity contribution in [1.82, 2.24) is 54.3 Å². The zero-order chi connectivity index (χ0) is 71.3. The van der Waals surface area contributed by atoms with Crippen LogP contribution >= 0.6 is 23.2 Å². The molecule has 0 unspecified atom stereocenters. The maximum absolute atomic E-state index is 13.1. The number of pyridine rings is 4. The van der Waals surface area contributed by atoms with Crippen LogP contribution in [0.2, 0.25) is 10.3 Å². The maximum atomic E-state index is 13.1. The molecule has 6 aromatic heterocycles. The number of amides is 2. The number of aromatic nitrogens is 8. The van der Waals surface area contributed by atoms with Gasteiger partial charge in [0.25, 0.3) is 31.9 Å². The van der Waals surface area contributed by atoms with Crippen molar-refractivity contribution in [2.45, 2.75) is 160 Å². The topological polar surface area (TPSA) is 268 Å². The van der Waals surface area contributed by atoms with Crippen molar-refractivity contribution in [2.75, 3.05) is 43.5 Å². The van der Waals surface area contributed by atoms with Crippen LogP contribution in [0.15, 0.2) is 95.2 Å². The van der Waals surface area contributed by atoms with Gasteiger partial charge < -0.3 is 25.4 Å². The van der Waals surface area contributed by atoms with Gasteiger partial charge in [-0.15, -0.1) is 10.2 Å². The first kappa shape index (κ1) is 49.6. The largest absolute Gasteiger partial charge is 0.477 e. The summed E-state index contributed by atoms with van der Waals surface area (Å²) in [5.74, 6) is -0.215. The van der Waals surface area contributed by atoms with Crippen LogP contribution in [-0.2, 0) is 20.0 Å². The van der Waals surface area contributed by atoms with E-state index in [-0.39, 0.29) is 70.7 Å². The Hall–Kier alpha value is -6.40. The molecule has 21 nitrogen and oxygen atoms in total. The number of carbonyl (C=O) groups excluding carboxylic acids is 2. The summed E-state index contributed by atoms with van der Waals surface area (Å²) in [5.41, 5.74) is -3.04. The standard InChI is InChI=1S/C31H41ClN6O4S.C30H40ClN7O4S/c1-30(2)15-12-22(21-30)7-5-18-33-24-8-4-9-27(34-24)43(40,41)37-29(39)23-10-11-25(35-28(23)32)38-19-13-26(36-38)42-20-6-14-31(3)16-17-31;1-29(2)19-21(20-33-29)7-5-16-32-23-8-4-9-26(34-23)43(40,41)37-28(39)22-10-11-24(35-27(22)31)38-17-12-25(36-38)42-18-6-13-30(3)14-15-30/h4,8-11,13,19,22H,5-7,12,14-18,20-21H2,1-3H3,(H,33,34)(H,37,39);4,8-12,17,21,33H,5-7,13-16,18-20H2,1-3H3,(H,32,34)(H,37,39)/t22-;21-/m10/s1/i2*1D3,2D3. The van der Waals surface area contributed by atoms with Gasteiger partial charge in [-0.1, -0.05) is 62.9 Å². The average Bonchev–Trinajstić information content (AvgIpc) is 1.51. The van der Waals surface area contributed by atoms with E-state index in [1.54, 1.807) is 36.7 Å². The first-order valence-corrected chi connectivity index (χ1v) is 32.6. The monoisotopic (exact) mass is 1270 g/mol. The van der Waals surface area contributed by atoms with E-state index in [1.807, 2.05) is 9.44 Å². The van der Waals surface area contributed by atoms with E-state index >= 15 is 0 Å². The summed E-state index contributed by atoms with van der Waals surface area (Å²) in [4.78, 5) is 42.6. The Morgan fingerprint density at radius 1 is 0.628 bits per heavy atom. The fraction of sp³-hybridized carbons (Fsp3) is 0.541. The van der Waals surface area contributed by atoms with Gasteiger partial charge in [-0.3, -0.25) is 9.59 Å². The highest BCUT2D eigenvalue weighted by Crippen LogP contribution is 2.49. The Morgan fingerprint density at radius 2 is 1.12 bits per heavy atom. The lowest BCUT2D eigenvalue weighted by atomic mass is 9.89. The molecule has 0 aromatic carbocycles. The molecule has 4 fully saturated rings. The predicted octanol–water partition coefficient (Wildman–Crippen LogP) is 11.4. The average molecular weight is 1270 g/mol. The second-order valence-corrected chi connectivity index (χ2v) is 27.5. The third kappa shape index (κ3) is 18.3. The summed E-state index contributed by atoms with van der Waals surface area (Å²) >= 11 is 12.6. The zero-order valence-corrected chi connectivity index (χ0v) is 51.1. The minimum atomic E-state index is -4.39. The molecule has 2 amide bonds. The molecule has 7 heterocycles. The molecule has 6 aromatic rings. The number of nitrogens with zero attached hydrogens (tertiary/aromatic N) is 8. The fourth-order valence-corrected chi connectivity index (χ4v) is 12.6. The second kappa shape index (κ2) is 27.3. The number of ether oxygens (including phenoxy) is 2. The summed E-state index contributed by atoms with van der Waals surface area (Å²) < 4.78 is 164. The van der Waals surface area contributed by atoms with Gasteiger partial charge in [-0.2, -0.15) is 16.8 Å². The summed E-state index contributed by atoms with van der Waals surface area (Å²) in [7, 11) is -8.78. The predicted molar refractivity (Wildman–Crippen MR) is 331 cm³/mol. The van der Waals surface area contributed by atoms with E-state index in [4.69, 9.17) is 49.1 Å². The van der Waals surface area contributed by atoms with Crippen LogP contribution in [0.1, 0.15) is 181 Å². The lowest BCUT2D eigenvalue weighted by Crippen LogP contribution is -2.31. The van der Waals surface area contributed by atoms with Crippen molar-refractivity contribution in [3.63, 3.8) is 0 Å². The van der Waals surface area contributed by atoms with Crippen LogP contribution in [0.5, 0.6) is 11.8 Å². The third-order valence-electron chi connectivity index (χ3n) is 15.9. The van der Waals surface area contributed by atoms with Crippen LogP contribution < -0.4 is 34.9 Å². The smallest absolute Gasteiger partial charge is 0.281 e. The van der Waals surface area contributed by atoms with Crippen LogP contribution in [-0.4, -0.2) is 107 Å². The number of nitrogens with one attached hydrogen (secondary N) is 5. The van der Waals surface area contributed by atoms with Gasteiger partial charge in [0.1, 0.15) is 21.9 Å². The lowest BCUT2D eigenvalue weighted by molar-refractivity contribution is 0.0972. The first-order valence-electron chi connectivity index (χ1n) is 34.9. The number of anilines is 2. The molecule has 0 radical (unpaired) electrons. The molecule has 3 aliphatic carbocycles. The normalized spacial score (nSPS) is 21.4. The van der Waals surface area contributed by atoms with Crippen molar-refractivity contribution in [2.24, 2.45) is 28.1 Å². The van der Waals surface area contributed by atoms with Crippen LogP contribution in [0, 0.1) is 28.1 Å². The number of halogens is 2. The minimum absolute atomic E-state index is 0.00724. The Kier molecular flexibility index (Phi) is 15.8. The van der Waals surface area contributed by atoms with E-state index in [9.17, 15) is 26.4 Å². The molecule has 1 aliphatic heterocycles. The highest BCUT2D eigenvalue weighted by Gasteiger charge is 2.37. The quantitative estimate of drug-likeness (QED) is 0.0226. The van der Waals surface area contributed by atoms with E-state index in [0.29, 0.717) is 92.6 Å². The summed E-state index contributed by atoms with van der Waals surface area (Å²) in [6.07, 6.45) is 15.5. The van der Waals surface area contributed by atoms with E-state index < -0.39 is 80.3 Å². The van der Waals surface area contributed by atoms with Crippen molar-refractivity contribution in [1.29, 1.82) is 0 Å². The highest BCUT2D eigenvalue weighted by atomic mass is 35.5. The van der Waals surface area contributed by atoms with Gasteiger partial charge in [0.2, 0.25) is 11.8 Å². The van der Waals surface area contributed by atoms with Crippen molar-refractivity contribution >= 4 is 66.7 Å². The maximum Gasteiger partial charge on any atom is 0.281 e.